The summed E-state index contributed by atoms with van der Waals surface area (Å²) in [4.78, 5) is 28.1. The van der Waals surface area contributed by atoms with Crippen molar-refractivity contribution in [1.29, 1.82) is 0 Å². The van der Waals surface area contributed by atoms with E-state index in [1.807, 2.05) is 77.9 Å². The van der Waals surface area contributed by atoms with E-state index in [0.29, 0.717) is 17.2 Å². The Morgan fingerprint density at radius 3 is 2.03 bits per heavy atom. The minimum absolute atomic E-state index is 0.0908. The molecule has 1 amide bonds. The van der Waals surface area contributed by atoms with Gasteiger partial charge in [-0.05, 0) is 78.5 Å². The Labute approximate surface area is 234 Å². The predicted molar refractivity (Wildman–Crippen MR) is 160 cm³/mol. The van der Waals surface area contributed by atoms with Crippen LogP contribution in [0.5, 0.6) is 5.75 Å². The summed E-state index contributed by atoms with van der Waals surface area (Å²) in [5, 5.41) is 14.2. The molecule has 5 heteroatoms. The number of hydrogen-bond donors (Lipinski definition) is 2. The van der Waals surface area contributed by atoms with Crippen molar-refractivity contribution in [3.8, 4) is 5.75 Å². The molecule has 0 radical (unpaired) electrons. The number of benzene rings is 2. The highest BCUT2D eigenvalue weighted by Gasteiger charge is 2.39. The van der Waals surface area contributed by atoms with Gasteiger partial charge in [0.05, 0.1) is 5.69 Å². The highest BCUT2D eigenvalue weighted by molar-refractivity contribution is 8.14. The van der Waals surface area contributed by atoms with Gasteiger partial charge in [-0.25, -0.2) is 0 Å². The molecule has 2 aromatic carbocycles. The molecule has 1 aliphatic carbocycles. The summed E-state index contributed by atoms with van der Waals surface area (Å²) >= 11 is 1.14. The minimum atomic E-state index is -0.329. The maximum atomic E-state index is 13.7. The van der Waals surface area contributed by atoms with E-state index in [1.54, 1.807) is 0 Å². The van der Waals surface area contributed by atoms with Crippen molar-refractivity contribution in [3.05, 3.63) is 53.1 Å². The van der Waals surface area contributed by atoms with E-state index in [0.717, 1.165) is 66.3 Å². The van der Waals surface area contributed by atoms with Crippen LogP contribution in [0.25, 0.3) is 0 Å². The third kappa shape index (κ3) is 7.22. The van der Waals surface area contributed by atoms with Crippen molar-refractivity contribution in [2.75, 3.05) is 5.32 Å². The second-order valence-electron chi connectivity index (χ2n) is 13.5. The number of hydrogen-bond acceptors (Lipinski definition) is 4. The zero-order chi connectivity index (χ0) is 28.3. The minimum Gasteiger partial charge on any atom is -0.507 e. The van der Waals surface area contributed by atoms with E-state index < -0.39 is 0 Å². The van der Waals surface area contributed by atoms with Crippen LogP contribution in [-0.2, 0) is 15.6 Å². The van der Waals surface area contributed by atoms with Crippen LogP contribution in [0.4, 0.5) is 5.69 Å². The van der Waals surface area contributed by atoms with Crippen molar-refractivity contribution in [2.45, 2.75) is 116 Å². The lowest BCUT2D eigenvalue weighted by atomic mass is 9.69. The standard InChI is InChI=1S/C33H47NO3S/c1-22(2)16-19-33(17-12-9-13-18-33)30(37)34-26-14-10-11-15-27(26)38-29(36)23-20-24(31(3,4)5)28(35)25(21-23)32(6,7)8/h10-11,14-15,20-22,35H,9,12-13,16-19H2,1-8H3,(H,34,37). The number of aromatic hydroxyl groups is 1. The van der Waals surface area contributed by atoms with Crippen LogP contribution in [0.1, 0.15) is 122 Å². The van der Waals surface area contributed by atoms with Gasteiger partial charge in [-0.15, -0.1) is 0 Å². The molecule has 0 unspecified atom stereocenters. The maximum Gasteiger partial charge on any atom is 0.230 e. The summed E-state index contributed by atoms with van der Waals surface area (Å²) in [6, 6.07) is 11.2. The number of carbonyl (C=O) groups is 2. The van der Waals surface area contributed by atoms with Gasteiger partial charge in [0.25, 0.3) is 0 Å². The Hall–Kier alpha value is -2.27. The number of rotatable bonds is 7. The van der Waals surface area contributed by atoms with Gasteiger partial charge in [-0.2, -0.15) is 0 Å². The van der Waals surface area contributed by atoms with Crippen LogP contribution >= 0.6 is 11.8 Å². The maximum absolute atomic E-state index is 13.7. The lowest BCUT2D eigenvalue weighted by Gasteiger charge is -2.36. The molecule has 0 aliphatic heterocycles. The lowest BCUT2D eigenvalue weighted by molar-refractivity contribution is -0.128. The molecule has 0 saturated heterocycles. The van der Waals surface area contributed by atoms with Gasteiger partial charge in [0.2, 0.25) is 11.0 Å². The van der Waals surface area contributed by atoms with E-state index in [9.17, 15) is 14.7 Å². The monoisotopic (exact) mass is 537 g/mol. The van der Waals surface area contributed by atoms with Gasteiger partial charge in [-0.3, -0.25) is 9.59 Å². The number of phenolic OH excluding ortho intramolecular Hbond substituents is 1. The van der Waals surface area contributed by atoms with Crippen molar-refractivity contribution in [2.24, 2.45) is 11.3 Å². The molecular formula is C33H47NO3S. The summed E-state index contributed by atoms with van der Waals surface area (Å²) in [5.74, 6) is 0.912. The number of para-hydroxylation sites is 1. The first-order chi connectivity index (χ1) is 17.6. The molecule has 0 spiro atoms. The molecule has 0 aromatic heterocycles. The van der Waals surface area contributed by atoms with Crippen LogP contribution in [-0.4, -0.2) is 16.1 Å². The van der Waals surface area contributed by atoms with Crippen LogP contribution in [0, 0.1) is 11.3 Å². The number of phenols is 1. The Kier molecular flexibility index (Phi) is 9.45. The zero-order valence-corrected chi connectivity index (χ0v) is 25.5. The van der Waals surface area contributed by atoms with Gasteiger partial charge >= 0.3 is 0 Å². The number of anilines is 1. The first kappa shape index (κ1) is 30.3. The first-order valence-corrected chi connectivity index (χ1v) is 15.0. The summed E-state index contributed by atoms with van der Waals surface area (Å²) < 4.78 is 0. The van der Waals surface area contributed by atoms with Gasteiger partial charge in [0.15, 0.2) is 0 Å². The zero-order valence-electron chi connectivity index (χ0n) is 24.7. The summed E-state index contributed by atoms with van der Waals surface area (Å²) in [6.07, 6.45) is 7.17. The molecule has 0 bridgehead atoms. The molecule has 1 fully saturated rings. The van der Waals surface area contributed by atoms with E-state index in [2.05, 4.69) is 19.2 Å². The highest BCUT2D eigenvalue weighted by Crippen LogP contribution is 2.44. The quantitative estimate of drug-likeness (QED) is 0.345. The third-order valence-corrected chi connectivity index (χ3v) is 8.79. The van der Waals surface area contributed by atoms with Crippen LogP contribution in [0.2, 0.25) is 0 Å². The number of nitrogens with one attached hydrogen (secondary N) is 1. The molecule has 38 heavy (non-hydrogen) atoms. The Balaban J connectivity index is 1.91. The fourth-order valence-electron chi connectivity index (χ4n) is 5.35. The normalized spacial score (nSPS) is 15.9. The third-order valence-electron chi connectivity index (χ3n) is 7.79. The molecule has 4 nitrogen and oxygen atoms in total. The Morgan fingerprint density at radius 1 is 0.947 bits per heavy atom. The molecule has 2 N–H and O–H groups in total. The van der Waals surface area contributed by atoms with Crippen LogP contribution in [0.15, 0.2) is 41.3 Å². The van der Waals surface area contributed by atoms with Crippen molar-refractivity contribution in [3.63, 3.8) is 0 Å². The summed E-state index contributed by atoms with van der Waals surface area (Å²) in [5.41, 5.74) is 1.81. The fraction of sp³-hybridized carbons (Fsp3) is 0.576. The second kappa shape index (κ2) is 11.9. The Morgan fingerprint density at radius 2 is 1.50 bits per heavy atom. The van der Waals surface area contributed by atoms with Gasteiger partial charge in [-0.1, -0.05) is 86.8 Å². The number of thioether (sulfide) groups is 1. The topological polar surface area (TPSA) is 66.4 Å². The van der Waals surface area contributed by atoms with Gasteiger partial charge in [0.1, 0.15) is 5.75 Å². The largest absolute Gasteiger partial charge is 0.507 e. The van der Waals surface area contributed by atoms with Crippen molar-refractivity contribution >= 4 is 28.5 Å². The molecule has 1 saturated carbocycles. The van der Waals surface area contributed by atoms with Gasteiger partial charge in [0, 0.05) is 27.0 Å². The van der Waals surface area contributed by atoms with E-state index in [4.69, 9.17) is 0 Å². The fourth-order valence-corrected chi connectivity index (χ4v) is 6.16. The molecule has 0 heterocycles. The summed E-state index contributed by atoms with van der Waals surface area (Å²) in [6.45, 7) is 16.7. The number of amides is 1. The van der Waals surface area contributed by atoms with E-state index >= 15 is 0 Å². The average Bonchev–Trinajstić information content (AvgIpc) is 2.83. The lowest BCUT2D eigenvalue weighted by Crippen LogP contribution is -2.38. The van der Waals surface area contributed by atoms with E-state index in [-0.39, 0.29) is 33.0 Å². The number of carbonyl (C=O) groups excluding carboxylic acids is 2. The molecular weight excluding hydrogens is 490 g/mol. The van der Waals surface area contributed by atoms with E-state index in [1.165, 1.54) is 6.42 Å². The van der Waals surface area contributed by atoms with Crippen LogP contribution in [0.3, 0.4) is 0 Å². The Bertz CT molecular complexity index is 1110. The average molecular weight is 538 g/mol. The predicted octanol–water partition coefficient (Wildman–Crippen LogP) is 9.24. The first-order valence-electron chi connectivity index (χ1n) is 14.1. The summed E-state index contributed by atoms with van der Waals surface area (Å²) in [7, 11) is 0. The van der Waals surface area contributed by atoms with Crippen molar-refractivity contribution in [1.82, 2.24) is 0 Å². The molecule has 1 aliphatic rings. The highest BCUT2D eigenvalue weighted by atomic mass is 32.2. The molecule has 0 atom stereocenters. The molecule has 3 rings (SSSR count). The van der Waals surface area contributed by atoms with Gasteiger partial charge < -0.3 is 10.4 Å². The molecule has 2 aromatic rings. The van der Waals surface area contributed by atoms with Crippen LogP contribution < -0.4 is 5.32 Å². The molecule has 208 valence electrons. The smallest absolute Gasteiger partial charge is 0.230 e. The SMILES string of the molecule is CC(C)CCC1(C(=O)Nc2ccccc2SC(=O)c2cc(C(C)(C)C)c(O)c(C(C)(C)C)c2)CCCCC1. The van der Waals surface area contributed by atoms with Crippen molar-refractivity contribution < 1.29 is 14.7 Å². The second-order valence-corrected chi connectivity index (χ2v) is 14.5.